The van der Waals surface area contributed by atoms with Gasteiger partial charge in [-0.3, -0.25) is 0 Å². The fourth-order valence-corrected chi connectivity index (χ4v) is 2.59. The van der Waals surface area contributed by atoms with E-state index in [2.05, 4.69) is 5.32 Å². The third-order valence-electron chi connectivity index (χ3n) is 1.97. The monoisotopic (exact) mass is 282 g/mol. The van der Waals surface area contributed by atoms with Crippen LogP contribution in [0.3, 0.4) is 0 Å². The minimum atomic E-state index is -3.82. The fraction of sp³-hybridized carbons (Fsp3) is 0.333. The molecule has 4 nitrogen and oxygen atoms in total. The number of rotatable bonds is 4. The van der Waals surface area contributed by atoms with Crippen molar-refractivity contribution in [1.82, 2.24) is 5.32 Å². The van der Waals surface area contributed by atoms with Crippen LogP contribution in [-0.4, -0.2) is 15.0 Å². The minimum absolute atomic E-state index is 0.0350. The van der Waals surface area contributed by atoms with Crippen molar-refractivity contribution in [2.45, 2.75) is 18.4 Å². The smallest absolute Gasteiger partial charge is 0.239 e. The van der Waals surface area contributed by atoms with E-state index in [1.807, 2.05) is 6.92 Å². The second kappa shape index (κ2) is 5.33. The Balaban J connectivity index is 3.22. The summed E-state index contributed by atoms with van der Waals surface area (Å²) in [5.41, 5.74) is 0.650. The van der Waals surface area contributed by atoms with Gasteiger partial charge in [0, 0.05) is 11.6 Å². The van der Waals surface area contributed by atoms with Crippen molar-refractivity contribution in [3.63, 3.8) is 0 Å². The van der Waals surface area contributed by atoms with Crippen molar-refractivity contribution < 1.29 is 8.42 Å². The molecule has 0 amide bonds. The highest BCUT2D eigenvalue weighted by atomic mass is 35.5. The highest BCUT2D eigenvalue weighted by Gasteiger charge is 2.15. The Morgan fingerprint density at radius 2 is 1.94 bits per heavy atom. The zero-order chi connectivity index (χ0) is 12.3. The van der Waals surface area contributed by atoms with Crippen LogP contribution in [0.25, 0.3) is 0 Å². The molecule has 0 unspecified atom stereocenters. The van der Waals surface area contributed by atoms with E-state index in [1.54, 1.807) is 0 Å². The van der Waals surface area contributed by atoms with Gasteiger partial charge < -0.3 is 5.32 Å². The van der Waals surface area contributed by atoms with Crippen LogP contribution in [-0.2, 0) is 16.6 Å². The van der Waals surface area contributed by atoms with E-state index in [1.165, 1.54) is 12.1 Å². The van der Waals surface area contributed by atoms with Gasteiger partial charge in [0.05, 0.1) is 5.02 Å². The van der Waals surface area contributed by atoms with Crippen LogP contribution in [0.15, 0.2) is 17.0 Å². The molecule has 16 heavy (non-hydrogen) atoms. The van der Waals surface area contributed by atoms with Gasteiger partial charge in [-0.25, -0.2) is 13.6 Å². The lowest BCUT2D eigenvalue weighted by Crippen LogP contribution is -2.16. The predicted molar refractivity (Wildman–Crippen MR) is 65.2 cm³/mol. The first-order valence-electron chi connectivity index (χ1n) is 4.57. The topological polar surface area (TPSA) is 72.2 Å². The molecule has 1 rings (SSSR count). The molecule has 7 heteroatoms. The average molecular weight is 283 g/mol. The van der Waals surface area contributed by atoms with Crippen molar-refractivity contribution in [2.24, 2.45) is 5.14 Å². The van der Waals surface area contributed by atoms with Crippen molar-refractivity contribution in [3.05, 3.63) is 27.7 Å². The molecule has 0 aliphatic heterocycles. The Bertz CT molecular complexity index is 489. The molecule has 1 aromatic rings. The van der Waals surface area contributed by atoms with Gasteiger partial charge in [-0.15, -0.1) is 0 Å². The molecule has 0 aliphatic rings. The van der Waals surface area contributed by atoms with Crippen LogP contribution in [0.2, 0.25) is 10.0 Å². The zero-order valence-corrected chi connectivity index (χ0v) is 11.0. The Labute approximate surface area is 105 Å². The third-order valence-corrected chi connectivity index (χ3v) is 3.70. The lowest BCUT2D eigenvalue weighted by Gasteiger charge is -2.08. The molecule has 0 bridgehead atoms. The molecule has 0 saturated heterocycles. The van der Waals surface area contributed by atoms with Gasteiger partial charge >= 0.3 is 0 Å². The molecule has 0 atom stereocenters. The van der Waals surface area contributed by atoms with Crippen LogP contribution >= 0.6 is 23.2 Å². The first kappa shape index (κ1) is 13.7. The van der Waals surface area contributed by atoms with Gasteiger partial charge in [-0.05, 0) is 24.2 Å². The Morgan fingerprint density at radius 1 is 1.31 bits per heavy atom. The maximum Gasteiger partial charge on any atom is 0.239 e. The van der Waals surface area contributed by atoms with Crippen LogP contribution < -0.4 is 10.5 Å². The highest BCUT2D eigenvalue weighted by Crippen LogP contribution is 2.27. The lowest BCUT2D eigenvalue weighted by molar-refractivity contribution is 0.597. The van der Waals surface area contributed by atoms with Gasteiger partial charge in [0.1, 0.15) is 4.90 Å². The van der Waals surface area contributed by atoms with Crippen LogP contribution in [0.4, 0.5) is 0 Å². The molecule has 1 aromatic carbocycles. The maximum absolute atomic E-state index is 11.2. The van der Waals surface area contributed by atoms with Crippen LogP contribution in [0.1, 0.15) is 12.5 Å². The molecule has 0 spiro atoms. The van der Waals surface area contributed by atoms with Gasteiger partial charge in [-0.1, -0.05) is 30.1 Å². The molecule has 0 heterocycles. The van der Waals surface area contributed by atoms with Gasteiger partial charge in [-0.2, -0.15) is 0 Å². The summed E-state index contributed by atoms with van der Waals surface area (Å²) in [4.78, 5) is -0.105. The van der Waals surface area contributed by atoms with Crippen molar-refractivity contribution in [1.29, 1.82) is 0 Å². The van der Waals surface area contributed by atoms with E-state index in [-0.39, 0.29) is 9.92 Å². The van der Waals surface area contributed by atoms with Crippen molar-refractivity contribution >= 4 is 33.2 Å². The van der Waals surface area contributed by atoms with Gasteiger partial charge in [0.2, 0.25) is 10.0 Å². The van der Waals surface area contributed by atoms with Gasteiger partial charge in [0.25, 0.3) is 0 Å². The minimum Gasteiger partial charge on any atom is -0.313 e. The number of hydrogen-bond acceptors (Lipinski definition) is 3. The molecule has 0 aromatic heterocycles. The van der Waals surface area contributed by atoms with E-state index in [4.69, 9.17) is 28.3 Å². The molecule has 0 saturated carbocycles. The number of nitrogens with one attached hydrogen (secondary N) is 1. The Morgan fingerprint density at radius 3 is 2.44 bits per heavy atom. The summed E-state index contributed by atoms with van der Waals surface area (Å²) in [5.74, 6) is 0. The molecular formula is C9H12Cl2N2O2S. The third kappa shape index (κ3) is 3.33. The number of sulfonamides is 1. The standard InChI is InChI=1S/C9H12Cl2N2O2S/c1-2-13-5-6-3-9(16(12,14)15)8(11)4-7(6)10/h3-4,13H,2,5H2,1H3,(H2,12,14,15). The summed E-state index contributed by atoms with van der Waals surface area (Å²) < 4.78 is 22.4. The van der Waals surface area contributed by atoms with Gasteiger partial charge in [0.15, 0.2) is 0 Å². The van der Waals surface area contributed by atoms with E-state index < -0.39 is 10.0 Å². The van der Waals surface area contributed by atoms with Crippen LogP contribution in [0, 0.1) is 0 Å². The van der Waals surface area contributed by atoms with Crippen LogP contribution in [0.5, 0.6) is 0 Å². The molecule has 0 fully saturated rings. The van der Waals surface area contributed by atoms with Crippen molar-refractivity contribution in [2.75, 3.05) is 6.54 Å². The highest BCUT2D eigenvalue weighted by molar-refractivity contribution is 7.89. The first-order chi connectivity index (χ1) is 7.36. The molecular weight excluding hydrogens is 271 g/mol. The molecule has 90 valence electrons. The largest absolute Gasteiger partial charge is 0.313 e. The second-order valence-electron chi connectivity index (χ2n) is 3.20. The van der Waals surface area contributed by atoms with Crippen molar-refractivity contribution in [3.8, 4) is 0 Å². The second-order valence-corrected chi connectivity index (χ2v) is 5.54. The molecule has 3 N–H and O–H groups in total. The molecule has 0 radical (unpaired) electrons. The summed E-state index contributed by atoms with van der Waals surface area (Å²) in [7, 11) is -3.82. The number of benzene rings is 1. The summed E-state index contributed by atoms with van der Waals surface area (Å²) in [6.07, 6.45) is 0. The van der Waals surface area contributed by atoms with E-state index >= 15 is 0 Å². The number of primary sulfonamides is 1. The lowest BCUT2D eigenvalue weighted by atomic mass is 10.2. The summed E-state index contributed by atoms with van der Waals surface area (Å²) >= 11 is 11.7. The summed E-state index contributed by atoms with van der Waals surface area (Å²) in [6, 6.07) is 2.78. The maximum atomic E-state index is 11.2. The normalized spacial score (nSPS) is 11.8. The zero-order valence-electron chi connectivity index (χ0n) is 8.63. The number of hydrogen-bond donors (Lipinski definition) is 2. The quantitative estimate of drug-likeness (QED) is 0.884. The Hall–Kier alpha value is -0.330. The summed E-state index contributed by atoms with van der Waals surface area (Å²) in [5, 5.41) is 8.52. The number of halogens is 2. The van der Waals surface area contributed by atoms with E-state index in [0.29, 0.717) is 17.1 Å². The predicted octanol–water partition coefficient (Wildman–Crippen LogP) is 1.75. The van der Waals surface area contributed by atoms with E-state index in [0.717, 1.165) is 6.54 Å². The summed E-state index contributed by atoms with van der Waals surface area (Å²) in [6.45, 7) is 3.16. The Kier molecular flexibility index (Phi) is 4.58. The number of nitrogens with two attached hydrogens (primary N) is 1. The van der Waals surface area contributed by atoms with E-state index in [9.17, 15) is 8.42 Å². The average Bonchev–Trinajstić information content (AvgIpc) is 2.14. The fourth-order valence-electron chi connectivity index (χ4n) is 1.18. The first-order valence-corrected chi connectivity index (χ1v) is 6.88. The molecule has 0 aliphatic carbocycles. The SMILES string of the molecule is CCNCc1cc(S(N)(=O)=O)c(Cl)cc1Cl.